The van der Waals surface area contributed by atoms with Gasteiger partial charge in [0.05, 0.1) is 21.9 Å². The summed E-state index contributed by atoms with van der Waals surface area (Å²) in [6.07, 6.45) is 0. The molecule has 0 amide bonds. The van der Waals surface area contributed by atoms with E-state index in [1.54, 1.807) is 0 Å². The van der Waals surface area contributed by atoms with Crippen molar-refractivity contribution in [1.82, 2.24) is 4.57 Å². The lowest BCUT2D eigenvalue weighted by Gasteiger charge is -2.40. The van der Waals surface area contributed by atoms with Crippen molar-refractivity contribution in [2.75, 3.05) is 4.90 Å². The number of hydrogen-bond acceptors (Lipinski definition) is 3. The Kier molecular flexibility index (Phi) is 8.24. The Balaban J connectivity index is 0.980. The van der Waals surface area contributed by atoms with Gasteiger partial charge in [-0.15, -0.1) is 0 Å². The maximum Gasteiger partial charge on any atom is 0.132 e. The third kappa shape index (κ3) is 5.16. The van der Waals surface area contributed by atoms with Crippen molar-refractivity contribution in [1.29, 1.82) is 0 Å². The van der Waals surface area contributed by atoms with Crippen LogP contribution < -0.4 is 9.64 Å². The molecule has 4 aliphatic rings. The predicted molar refractivity (Wildman–Crippen MR) is 294 cm³/mol. The minimum Gasteiger partial charge on any atom is -0.457 e. The smallest absolute Gasteiger partial charge is 0.132 e. The van der Waals surface area contributed by atoms with Crippen LogP contribution in [0.15, 0.2) is 265 Å². The summed E-state index contributed by atoms with van der Waals surface area (Å²) in [5, 5.41) is 2.42. The first-order valence-electron chi connectivity index (χ1n) is 24.8. The van der Waals surface area contributed by atoms with E-state index in [1.165, 1.54) is 87.2 Å². The van der Waals surface area contributed by atoms with Gasteiger partial charge in [0.25, 0.3) is 0 Å². The number of ether oxygens (including phenoxy) is 1. The van der Waals surface area contributed by atoms with E-state index in [0.717, 1.165) is 45.4 Å². The summed E-state index contributed by atoms with van der Waals surface area (Å²) in [5.74, 6) is 1.79. The van der Waals surface area contributed by atoms with Crippen LogP contribution in [-0.4, -0.2) is 4.57 Å². The maximum atomic E-state index is 6.71. The fourth-order valence-corrected chi connectivity index (χ4v) is 14.6. The van der Waals surface area contributed by atoms with Crippen molar-refractivity contribution < 1.29 is 4.74 Å². The highest BCUT2D eigenvalue weighted by atomic mass is 32.2. The van der Waals surface area contributed by atoms with E-state index in [2.05, 4.69) is 264 Å². The molecule has 12 aromatic rings. The molecule has 0 atom stereocenters. The standard InChI is InChI=1S/C68H42N2OS/c1-2-18-43(19-3-1)70-61-29-13-6-22-50(61)52-41-45(36-39-62(52)70)69(44-35-38-55-51(40-44)48-21-5-8-24-54(48)67(55)56-25-9-14-30-63(56)71-64-31-15-10-26-57(64)67)46-34-37-49-47-20-4-7-23-53(47)68(60(49)42-46)58-27-11-16-32-65(58)72-66-33-17-12-28-59(66)68/h1-42H. The summed E-state index contributed by atoms with van der Waals surface area (Å²) in [6, 6.07) is 94.7. The summed E-state index contributed by atoms with van der Waals surface area (Å²) in [4.78, 5) is 5.10. The third-order valence-corrected chi connectivity index (χ3v) is 17.3. The van der Waals surface area contributed by atoms with Crippen LogP contribution in [0.2, 0.25) is 0 Å². The molecule has 4 heteroatoms. The predicted octanol–water partition coefficient (Wildman–Crippen LogP) is 17.5. The zero-order chi connectivity index (χ0) is 47.1. The van der Waals surface area contributed by atoms with Crippen molar-refractivity contribution in [3.05, 3.63) is 299 Å². The second-order valence-electron chi connectivity index (χ2n) is 19.5. The van der Waals surface area contributed by atoms with Crippen LogP contribution in [-0.2, 0) is 10.8 Å². The Bertz CT molecular complexity index is 4170. The number of hydrogen-bond donors (Lipinski definition) is 0. The van der Waals surface area contributed by atoms with Crippen LogP contribution in [0.3, 0.4) is 0 Å². The van der Waals surface area contributed by atoms with Crippen LogP contribution in [0.1, 0.15) is 44.5 Å². The van der Waals surface area contributed by atoms with Crippen molar-refractivity contribution in [2.45, 2.75) is 20.6 Å². The molecule has 16 rings (SSSR count). The van der Waals surface area contributed by atoms with Gasteiger partial charge >= 0.3 is 0 Å². The summed E-state index contributed by atoms with van der Waals surface area (Å²) in [7, 11) is 0. The summed E-state index contributed by atoms with van der Waals surface area (Å²) < 4.78 is 9.11. The van der Waals surface area contributed by atoms with Gasteiger partial charge in [-0.25, -0.2) is 0 Å². The van der Waals surface area contributed by atoms with E-state index in [-0.39, 0.29) is 0 Å². The quantitative estimate of drug-likeness (QED) is 0.175. The highest BCUT2D eigenvalue weighted by molar-refractivity contribution is 7.99. The first kappa shape index (κ1) is 40.0. The van der Waals surface area contributed by atoms with E-state index in [9.17, 15) is 0 Å². The number of para-hydroxylation sites is 4. The van der Waals surface area contributed by atoms with Gasteiger partial charge in [0.15, 0.2) is 0 Å². The van der Waals surface area contributed by atoms with Crippen LogP contribution in [0.5, 0.6) is 11.5 Å². The Hall–Kier alpha value is -8.83. The van der Waals surface area contributed by atoms with Gasteiger partial charge in [-0.2, -0.15) is 0 Å². The molecular weight excluding hydrogens is 893 g/mol. The molecule has 72 heavy (non-hydrogen) atoms. The van der Waals surface area contributed by atoms with Crippen LogP contribution >= 0.6 is 11.8 Å². The molecule has 0 N–H and O–H groups in total. The SMILES string of the molecule is c1ccc(-n2c3ccccc3c3cc(N(c4ccc5c(c4)-c4ccccc4C54c5ccccc5Oc5ccccc54)c4ccc5c(c4)C4(c6ccccc6Sc6ccccc64)c4ccccc4-5)ccc32)cc1. The van der Waals surface area contributed by atoms with Gasteiger partial charge in [0.2, 0.25) is 0 Å². The molecule has 0 saturated carbocycles. The summed E-state index contributed by atoms with van der Waals surface area (Å²) >= 11 is 1.89. The molecule has 0 fully saturated rings. The van der Waals surface area contributed by atoms with Crippen molar-refractivity contribution in [3.63, 3.8) is 0 Å². The van der Waals surface area contributed by atoms with Gasteiger partial charge in [-0.3, -0.25) is 0 Å². The van der Waals surface area contributed by atoms with Gasteiger partial charge in [0, 0.05) is 54.4 Å². The number of fused-ring (bicyclic) bond motifs is 21. The summed E-state index contributed by atoms with van der Waals surface area (Å²) in [6.45, 7) is 0. The molecule has 2 aliphatic carbocycles. The first-order chi connectivity index (χ1) is 35.7. The second kappa shape index (κ2) is 14.8. The molecule has 336 valence electrons. The molecule has 11 aromatic carbocycles. The number of benzene rings is 11. The van der Waals surface area contributed by atoms with Crippen molar-refractivity contribution in [2.24, 2.45) is 0 Å². The fraction of sp³-hybridized carbons (Fsp3) is 0.0294. The lowest BCUT2D eigenvalue weighted by Crippen LogP contribution is -2.32. The Labute approximate surface area is 421 Å². The average molecular weight is 935 g/mol. The van der Waals surface area contributed by atoms with E-state index in [0.29, 0.717) is 0 Å². The Morgan fingerprint density at radius 3 is 1.50 bits per heavy atom. The minimum atomic E-state index is -0.565. The van der Waals surface area contributed by atoms with E-state index in [1.807, 2.05) is 11.8 Å². The molecular formula is C68H42N2OS. The lowest BCUT2D eigenvalue weighted by molar-refractivity contribution is 0.436. The summed E-state index contributed by atoms with van der Waals surface area (Å²) in [5.41, 5.74) is 20.8. The van der Waals surface area contributed by atoms with Crippen molar-refractivity contribution in [3.8, 4) is 39.4 Å². The minimum absolute atomic E-state index is 0.522. The molecule has 0 unspecified atom stereocenters. The van der Waals surface area contributed by atoms with Crippen LogP contribution in [0, 0.1) is 0 Å². The molecule has 2 spiro atoms. The number of aromatic nitrogens is 1. The number of anilines is 3. The van der Waals surface area contributed by atoms with Crippen LogP contribution in [0.25, 0.3) is 49.7 Å². The lowest BCUT2D eigenvalue weighted by atomic mass is 9.66. The van der Waals surface area contributed by atoms with E-state index in [4.69, 9.17) is 4.74 Å². The number of rotatable bonds is 4. The molecule has 3 nitrogen and oxygen atoms in total. The van der Waals surface area contributed by atoms with E-state index >= 15 is 0 Å². The molecule has 0 saturated heterocycles. The van der Waals surface area contributed by atoms with Gasteiger partial charge in [0.1, 0.15) is 11.5 Å². The largest absolute Gasteiger partial charge is 0.457 e. The zero-order valence-electron chi connectivity index (χ0n) is 39.0. The third-order valence-electron chi connectivity index (χ3n) is 16.1. The Morgan fingerprint density at radius 2 is 0.792 bits per heavy atom. The Morgan fingerprint density at radius 1 is 0.319 bits per heavy atom. The fourth-order valence-electron chi connectivity index (χ4n) is 13.4. The molecule has 2 aliphatic heterocycles. The topological polar surface area (TPSA) is 17.4 Å². The normalized spacial score (nSPS) is 14.4. The molecule has 1 aromatic heterocycles. The van der Waals surface area contributed by atoms with Crippen molar-refractivity contribution >= 4 is 50.6 Å². The molecule has 3 heterocycles. The van der Waals surface area contributed by atoms with E-state index < -0.39 is 10.8 Å². The maximum absolute atomic E-state index is 6.71. The molecule has 0 bridgehead atoms. The van der Waals surface area contributed by atoms with Gasteiger partial charge in [-0.05, 0) is 141 Å². The number of nitrogens with zero attached hydrogens (tertiary/aromatic N) is 2. The zero-order valence-corrected chi connectivity index (χ0v) is 39.8. The van der Waals surface area contributed by atoms with Gasteiger partial charge in [-0.1, -0.05) is 182 Å². The monoisotopic (exact) mass is 934 g/mol. The van der Waals surface area contributed by atoms with Gasteiger partial charge < -0.3 is 14.2 Å². The average Bonchev–Trinajstić information content (AvgIpc) is 4.04. The molecule has 0 radical (unpaired) electrons. The second-order valence-corrected chi connectivity index (χ2v) is 20.5. The van der Waals surface area contributed by atoms with Crippen LogP contribution in [0.4, 0.5) is 17.1 Å². The first-order valence-corrected chi connectivity index (χ1v) is 25.6. The highest BCUT2D eigenvalue weighted by Gasteiger charge is 2.52. The highest BCUT2D eigenvalue weighted by Crippen LogP contribution is 2.65.